The van der Waals surface area contributed by atoms with Gasteiger partial charge in [0, 0.05) is 29.6 Å². The molecule has 0 saturated heterocycles. The number of aromatic hydroxyl groups is 1. The van der Waals surface area contributed by atoms with E-state index in [9.17, 15) is 14.3 Å². The van der Waals surface area contributed by atoms with Crippen LogP contribution < -0.4 is 5.32 Å². The third-order valence-corrected chi connectivity index (χ3v) is 6.59. The van der Waals surface area contributed by atoms with E-state index in [0.29, 0.717) is 40.7 Å². The van der Waals surface area contributed by atoms with E-state index in [1.807, 2.05) is 80.8 Å². The number of amides is 1. The molecule has 7 heteroatoms. The lowest BCUT2D eigenvalue weighted by molar-refractivity contribution is 0.0954. The predicted molar refractivity (Wildman–Crippen MR) is 158 cm³/mol. The fourth-order valence-corrected chi connectivity index (χ4v) is 4.72. The third-order valence-electron chi connectivity index (χ3n) is 6.59. The molecule has 0 spiro atoms. The molecule has 4 aromatic carbocycles. The smallest absolute Gasteiger partial charge is 0.251 e. The van der Waals surface area contributed by atoms with E-state index in [0.717, 1.165) is 28.9 Å². The largest absolute Gasteiger partial charge is 0.494 e. The molecule has 0 fully saturated rings. The number of H-pyrrole nitrogens is 1. The maximum Gasteiger partial charge on any atom is 0.251 e. The number of carbonyl (C=O) groups is 1. The number of nitrogens with one attached hydrogen (secondary N) is 2. The van der Waals surface area contributed by atoms with Crippen molar-refractivity contribution in [3.8, 4) is 5.88 Å². The molecule has 1 amide bonds. The number of aliphatic imine (C=N–C) groups is 1. The van der Waals surface area contributed by atoms with Crippen LogP contribution in [-0.2, 0) is 13.0 Å². The number of aromatic amines is 1. The fourth-order valence-electron chi connectivity index (χ4n) is 4.72. The first-order chi connectivity index (χ1) is 19.4. The molecule has 3 N–H and O–H groups in total. The zero-order valence-corrected chi connectivity index (χ0v) is 22.5. The van der Waals surface area contributed by atoms with Crippen LogP contribution in [0.4, 0.5) is 10.1 Å². The Labute approximate surface area is 232 Å². The quantitative estimate of drug-likeness (QED) is 0.197. The summed E-state index contributed by atoms with van der Waals surface area (Å²) in [5.74, 6) is -0.591. The molecule has 1 aromatic heterocycles. The Morgan fingerprint density at radius 1 is 0.900 bits per heavy atom. The summed E-state index contributed by atoms with van der Waals surface area (Å²) in [6.45, 7) is 1.28. The second-order valence-electron chi connectivity index (χ2n) is 9.98. The molecule has 1 heterocycles. The number of fused-ring (bicyclic) bond motifs is 1. The summed E-state index contributed by atoms with van der Waals surface area (Å²) in [4.78, 5) is 22.4. The van der Waals surface area contributed by atoms with Crippen LogP contribution in [0.5, 0.6) is 5.88 Å². The number of benzene rings is 4. The van der Waals surface area contributed by atoms with Gasteiger partial charge in [-0.2, -0.15) is 0 Å². The van der Waals surface area contributed by atoms with Crippen LogP contribution in [0.1, 0.15) is 32.6 Å². The summed E-state index contributed by atoms with van der Waals surface area (Å²) in [6.07, 6.45) is 0.615. The highest BCUT2D eigenvalue weighted by Crippen LogP contribution is 2.32. The Kier molecular flexibility index (Phi) is 8.03. The van der Waals surface area contributed by atoms with Crippen LogP contribution >= 0.6 is 0 Å². The maximum atomic E-state index is 13.9. The monoisotopic (exact) mass is 534 g/mol. The summed E-state index contributed by atoms with van der Waals surface area (Å²) < 4.78 is 13.9. The molecule has 0 saturated carbocycles. The van der Waals surface area contributed by atoms with Crippen molar-refractivity contribution in [3.63, 3.8) is 0 Å². The molecule has 5 rings (SSSR count). The summed E-state index contributed by atoms with van der Waals surface area (Å²) in [5.41, 5.74) is 5.86. The molecule has 0 radical (unpaired) electrons. The number of hydrogen-bond acceptors (Lipinski definition) is 4. The minimum Gasteiger partial charge on any atom is -0.494 e. The van der Waals surface area contributed by atoms with Gasteiger partial charge in [-0.15, -0.1) is 0 Å². The first-order valence-electron chi connectivity index (χ1n) is 13.1. The lowest BCUT2D eigenvalue weighted by Gasteiger charge is -2.12. The molecule has 0 aliphatic heterocycles. The minimum atomic E-state index is -0.394. The summed E-state index contributed by atoms with van der Waals surface area (Å²) in [6, 6.07) is 29.3. The SMILES string of the molecule is CN(C)Cc1ccc(N=C(c2cccc(CCNC(=O)c3ccccc3)c2)c2c(O)[nH]c3cc(F)ccc23)cc1. The van der Waals surface area contributed by atoms with Crippen molar-refractivity contribution in [1.29, 1.82) is 0 Å². The first kappa shape index (κ1) is 26.8. The van der Waals surface area contributed by atoms with Crippen molar-refractivity contribution in [2.45, 2.75) is 13.0 Å². The van der Waals surface area contributed by atoms with Gasteiger partial charge in [0.15, 0.2) is 5.88 Å². The van der Waals surface area contributed by atoms with E-state index < -0.39 is 5.82 Å². The van der Waals surface area contributed by atoms with Gasteiger partial charge >= 0.3 is 0 Å². The van der Waals surface area contributed by atoms with Crippen LogP contribution in [0.2, 0.25) is 0 Å². The van der Waals surface area contributed by atoms with Crippen molar-refractivity contribution in [3.05, 3.63) is 131 Å². The van der Waals surface area contributed by atoms with Gasteiger partial charge in [0.25, 0.3) is 5.91 Å². The topological polar surface area (TPSA) is 80.7 Å². The molecule has 202 valence electrons. The lowest BCUT2D eigenvalue weighted by Crippen LogP contribution is -2.25. The Balaban J connectivity index is 1.48. The van der Waals surface area contributed by atoms with Crippen molar-refractivity contribution in [1.82, 2.24) is 15.2 Å². The summed E-state index contributed by atoms with van der Waals surface area (Å²) in [5, 5.41) is 14.6. The molecule has 0 atom stereocenters. The van der Waals surface area contributed by atoms with E-state index in [2.05, 4.69) is 15.2 Å². The molecular formula is C33H31FN4O2. The molecule has 6 nitrogen and oxygen atoms in total. The highest BCUT2D eigenvalue weighted by Gasteiger charge is 2.19. The molecule has 0 unspecified atom stereocenters. The number of aromatic nitrogens is 1. The molecule has 0 bridgehead atoms. The Morgan fingerprint density at radius 2 is 1.65 bits per heavy atom. The van der Waals surface area contributed by atoms with Gasteiger partial charge in [-0.05, 0) is 80.2 Å². The van der Waals surface area contributed by atoms with Gasteiger partial charge in [-0.1, -0.05) is 48.5 Å². The van der Waals surface area contributed by atoms with Crippen molar-refractivity contribution < 1.29 is 14.3 Å². The lowest BCUT2D eigenvalue weighted by atomic mass is 9.98. The van der Waals surface area contributed by atoms with Crippen LogP contribution in [0, 0.1) is 5.82 Å². The molecule has 40 heavy (non-hydrogen) atoms. The van der Waals surface area contributed by atoms with Crippen molar-refractivity contribution in [2.24, 2.45) is 4.99 Å². The third kappa shape index (κ3) is 6.27. The average Bonchev–Trinajstić information content (AvgIpc) is 3.27. The van der Waals surface area contributed by atoms with E-state index in [1.165, 1.54) is 12.1 Å². The van der Waals surface area contributed by atoms with E-state index in [-0.39, 0.29) is 11.8 Å². The van der Waals surface area contributed by atoms with E-state index in [1.54, 1.807) is 18.2 Å². The number of hydrogen-bond donors (Lipinski definition) is 3. The van der Waals surface area contributed by atoms with Crippen LogP contribution in [0.15, 0.2) is 102 Å². The Bertz CT molecular complexity index is 1660. The van der Waals surface area contributed by atoms with E-state index >= 15 is 0 Å². The normalized spacial score (nSPS) is 11.8. The van der Waals surface area contributed by atoms with Gasteiger partial charge in [0.05, 0.1) is 22.5 Å². The van der Waals surface area contributed by atoms with Crippen molar-refractivity contribution >= 4 is 28.2 Å². The number of nitrogens with zero attached hydrogens (tertiary/aromatic N) is 2. The number of carbonyl (C=O) groups excluding carboxylic acids is 1. The second kappa shape index (κ2) is 12.0. The zero-order chi connectivity index (χ0) is 28.1. The molecule has 5 aromatic rings. The number of halogens is 1. The van der Waals surface area contributed by atoms with Crippen LogP contribution in [0.3, 0.4) is 0 Å². The average molecular weight is 535 g/mol. The number of rotatable bonds is 9. The highest BCUT2D eigenvalue weighted by molar-refractivity contribution is 6.22. The highest BCUT2D eigenvalue weighted by atomic mass is 19.1. The second-order valence-corrected chi connectivity index (χ2v) is 9.98. The Morgan fingerprint density at radius 3 is 2.40 bits per heavy atom. The van der Waals surface area contributed by atoms with Gasteiger partial charge in [-0.3, -0.25) is 4.79 Å². The predicted octanol–water partition coefficient (Wildman–Crippen LogP) is 6.22. The van der Waals surface area contributed by atoms with Gasteiger partial charge in [0.1, 0.15) is 5.82 Å². The Hall–Kier alpha value is -4.75. The van der Waals surface area contributed by atoms with Gasteiger partial charge in [0.2, 0.25) is 0 Å². The van der Waals surface area contributed by atoms with Crippen molar-refractivity contribution in [2.75, 3.05) is 20.6 Å². The molecule has 0 aliphatic carbocycles. The zero-order valence-electron chi connectivity index (χ0n) is 22.5. The molecular weight excluding hydrogens is 503 g/mol. The standard InChI is InChI=1S/C33H31FN4O2/c1-38(2)21-23-11-14-27(15-12-23)36-31(30-28-16-13-26(34)20-29(28)37-33(30)40)25-10-6-7-22(19-25)17-18-35-32(39)24-8-4-3-5-9-24/h3-16,19-20,37,40H,17-18,21H2,1-2H3,(H,35,39). The van der Waals surface area contributed by atoms with Gasteiger partial charge < -0.3 is 20.3 Å². The van der Waals surface area contributed by atoms with Crippen LogP contribution in [-0.4, -0.2) is 47.2 Å². The fraction of sp³-hybridized carbons (Fsp3) is 0.152. The summed E-state index contributed by atoms with van der Waals surface area (Å²) in [7, 11) is 4.04. The maximum absolute atomic E-state index is 13.9. The summed E-state index contributed by atoms with van der Waals surface area (Å²) >= 11 is 0. The first-order valence-corrected chi connectivity index (χ1v) is 13.1. The van der Waals surface area contributed by atoms with E-state index in [4.69, 9.17) is 4.99 Å². The minimum absolute atomic E-state index is 0.0795. The van der Waals surface area contributed by atoms with Crippen LogP contribution in [0.25, 0.3) is 10.9 Å². The van der Waals surface area contributed by atoms with Gasteiger partial charge in [-0.25, -0.2) is 9.38 Å². The molecule has 0 aliphatic rings.